The van der Waals surface area contributed by atoms with Crippen molar-refractivity contribution in [2.24, 2.45) is 22.7 Å². The number of ketones is 2. The number of Topliss-reactive ketones (excluding diaryl/α,β-unsaturated/α-hetero) is 1. The standard InChI is InChI=1S/C31H35FN2O11/c1-28-10-9-19(35)11-18(28)7-8-21-22-12-23(36)31(41,29(22,2)13-24(37)30(21,28)32)25(38)16-44-26(39)14-33-27(40)20-6-4-3-5-17(20)15-45-34(42)43/h3-7,9-10,21-24,36-37,41H,8,11-16H2,1-2H3,(H,33,40)/t21-,22-,23+,24-,28-,29-,30-,31-/m0/s1. The molecule has 45 heavy (non-hydrogen) atoms. The molecule has 0 bridgehead atoms. The van der Waals surface area contributed by atoms with E-state index < -0.39 is 88.6 Å². The number of ether oxygens (including phenoxy) is 1. The van der Waals surface area contributed by atoms with Gasteiger partial charge in [0.15, 0.2) is 23.7 Å². The van der Waals surface area contributed by atoms with E-state index >= 15 is 4.39 Å². The fourth-order valence-electron chi connectivity index (χ4n) is 8.18. The van der Waals surface area contributed by atoms with Crippen LogP contribution in [0.15, 0.2) is 48.1 Å². The van der Waals surface area contributed by atoms with Crippen molar-refractivity contribution in [3.8, 4) is 0 Å². The molecule has 0 unspecified atom stereocenters. The van der Waals surface area contributed by atoms with Crippen LogP contribution in [0.4, 0.5) is 4.39 Å². The van der Waals surface area contributed by atoms with Crippen LogP contribution in [-0.4, -0.2) is 80.5 Å². The maximum Gasteiger partial charge on any atom is 0.325 e. The molecular weight excluding hydrogens is 595 g/mol. The molecule has 0 radical (unpaired) electrons. The number of fused-ring (bicyclic) bond motifs is 5. The lowest BCUT2D eigenvalue weighted by atomic mass is 9.45. The van der Waals surface area contributed by atoms with E-state index in [4.69, 9.17) is 4.74 Å². The molecule has 242 valence electrons. The Bertz CT molecular complexity index is 1510. The minimum absolute atomic E-state index is 0.0132. The zero-order chi connectivity index (χ0) is 32.9. The highest BCUT2D eigenvalue weighted by Crippen LogP contribution is 2.69. The summed E-state index contributed by atoms with van der Waals surface area (Å²) in [7, 11) is 0. The van der Waals surface area contributed by atoms with E-state index in [1.54, 1.807) is 19.1 Å². The van der Waals surface area contributed by atoms with Crippen LogP contribution < -0.4 is 5.32 Å². The summed E-state index contributed by atoms with van der Waals surface area (Å²) >= 11 is 0. The average Bonchev–Trinajstić information content (AvgIpc) is 3.20. The number of halogens is 1. The number of hydrogen-bond donors (Lipinski definition) is 4. The van der Waals surface area contributed by atoms with Gasteiger partial charge in [-0.25, -0.2) is 4.39 Å². The lowest BCUT2D eigenvalue weighted by molar-refractivity contribution is -0.763. The lowest BCUT2D eigenvalue weighted by Gasteiger charge is -2.61. The monoisotopic (exact) mass is 630 g/mol. The first-order valence-electron chi connectivity index (χ1n) is 14.6. The smallest absolute Gasteiger partial charge is 0.325 e. The van der Waals surface area contributed by atoms with Gasteiger partial charge in [-0.15, -0.1) is 10.1 Å². The second-order valence-electron chi connectivity index (χ2n) is 12.7. The van der Waals surface area contributed by atoms with Gasteiger partial charge in [-0.2, -0.15) is 0 Å². The van der Waals surface area contributed by atoms with Gasteiger partial charge in [-0.05, 0) is 49.8 Å². The molecule has 14 heteroatoms. The minimum atomic E-state index is -2.48. The molecule has 13 nitrogen and oxygen atoms in total. The highest BCUT2D eigenvalue weighted by atomic mass is 19.1. The number of rotatable bonds is 9. The Balaban J connectivity index is 1.26. The number of carbonyl (C=O) groups is 4. The van der Waals surface area contributed by atoms with Crippen molar-refractivity contribution >= 4 is 23.4 Å². The van der Waals surface area contributed by atoms with E-state index in [9.17, 15) is 44.6 Å². The summed E-state index contributed by atoms with van der Waals surface area (Å²) in [6.45, 7) is 0.985. The maximum atomic E-state index is 17.2. The summed E-state index contributed by atoms with van der Waals surface area (Å²) in [6, 6.07) is 5.85. The molecule has 5 rings (SSSR count). The second-order valence-corrected chi connectivity index (χ2v) is 12.7. The first-order chi connectivity index (χ1) is 21.1. The van der Waals surface area contributed by atoms with Gasteiger partial charge >= 0.3 is 5.97 Å². The Hall–Kier alpha value is -4.01. The fraction of sp³-hybridized carbons (Fsp3) is 0.548. The fourth-order valence-corrected chi connectivity index (χ4v) is 8.18. The van der Waals surface area contributed by atoms with Crippen LogP contribution in [0.3, 0.4) is 0 Å². The molecular formula is C31H35FN2O11. The summed E-state index contributed by atoms with van der Waals surface area (Å²) in [6.07, 6.45) is 0.896. The second kappa shape index (κ2) is 11.4. The molecule has 0 spiro atoms. The lowest BCUT2D eigenvalue weighted by Crippen LogP contribution is -2.69. The minimum Gasteiger partial charge on any atom is -0.456 e. The van der Waals surface area contributed by atoms with Crippen LogP contribution in [0.25, 0.3) is 0 Å². The van der Waals surface area contributed by atoms with Gasteiger partial charge in [-0.3, -0.25) is 19.2 Å². The topological polar surface area (TPSA) is 203 Å². The third-order valence-electron chi connectivity index (χ3n) is 10.6. The SMILES string of the molecule is C[C@]12C=CC(=O)CC1=CC[C@H]1[C@@H]3C[C@@H](O)[C@](O)(C(=O)COC(=O)CNC(=O)c4ccccc4CO[N+](=O)[O-])[C@@]3(C)C[C@H](O)[C@@]12F. The Morgan fingerprint density at radius 3 is 2.58 bits per heavy atom. The zero-order valence-corrected chi connectivity index (χ0v) is 24.7. The van der Waals surface area contributed by atoms with Gasteiger partial charge in [0.1, 0.15) is 13.2 Å². The summed E-state index contributed by atoms with van der Waals surface area (Å²) in [5.41, 5.74) is -6.73. The van der Waals surface area contributed by atoms with Gasteiger partial charge in [0, 0.05) is 28.7 Å². The van der Waals surface area contributed by atoms with Crippen LogP contribution in [0.1, 0.15) is 55.5 Å². The number of nitrogens with one attached hydrogen (secondary N) is 1. The van der Waals surface area contributed by atoms with Crippen LogP contribution in [0.5, 0.6) is 0 Å². The largest absolute Gasteiger partial charge is 0.456 e. The molecule has 0 heterocycles. The first kappa shape index (κ1) is 32.4. The highest BCUT2D eigenvalue weighted by molar-refractivity contribution is 5.97. The van der Waals surface area contributed by atoms with E-state index in [2.05, 4.69) is 10.2 Å². The third-order valence-corrected chi connectivity index (χ3v) is 10.6. The van der Waals surface area contributed by atoms with E-state index in [0.717, 1.165) is 0 Å². The number of carbonyl (C=O) groups excluding carboxylic acids is 4. The van der Waals surface area contributed by atoms with Crippen LogP contribution in [0, 0.1) is 32.8 Å². The van der Waals surface area contributed by atoms with Gasteiger partial charge in [-0.1, -0.05) is 42.8 Å². The number of nitrogens with zero attached hydrogens (tertiary/aromatic N) is 1. The van der Waals surface area contributed by atoms with E-state index in [0.29, 0.717) is 5.57 Å². The number of allylic oxidation sites excluding steroid dienone is 4. The Labute approximate surface area is 257 Å². The highest BCUT2D eigenvalue weighted by Gasteiger charge is 2.76. The van der Waals surface area contributed by atoms with Crippen LogP contribution >= 0.6 is 0 Å². The van der Waals surface area contributed by atoms with Gasteiger partial charge in [0.05, 0.1) is 12.2 Å². The molecule has 1 amide bonds. The molecule has 4 N–H and O–H groups in total. The predicted molar refractivity (Wildman–Crippen MR) is 151 cm³/mol. The van der Waals surface area contributed by atoms with E-state index in [-0.39, 0.29) is 42.6 Å². The van der Waals surface area contributed by atoms with Gasteiger partial charge < -0.3 is 30.2 Å². The van der Waals surface area contributed by atoms with Crippen molar-refractivity contribution in [3.63, 3.8) is 0 Å². The summed E-state index contributed by atoms with van der Waals surface area (Å²) < 4.78 is 22.3. The van der Waals surface area contributed by atoms with Gasteiger partial charge in [0.2, 0.25) is 5.78 Å². The molecule has 4 aliphatic carbocycles. The molecule has 4 aliphatic rings. The zero-order valence-electron chi connectivity index (χ0n) is 24.7. The summed E-state index contributed by atoms with van der Waals surface area (Å²) in [5, 5.41) is 46.0. The summed E-state index contributed by atoms with van der Waals surface area (Å²) in [5.74, 6) is -4.66. The number of aliphatic hydroxyl groups excluding tert-OH is 2. The molecule has 1 aromatic carbocycles. The molecule has 0 aromatic heterocycles. The number of alkyl halides is 1. The molecule has 1 aromatic rings. The third kappa shape index (κ3) is 4.95. The van der Waals surface area contributed by atoms with Gasteiger partial charge in [0.25, 0.3) is 11.0 Å². The van der Waals surface area contributed by atoms with Crippen molar-refractivity contribution < 1.29 is 53.5 Å². The number of esters is 1. The molecule has 2 fully saturated rings. The number of amides is 1. The first-order valence-corrected chi connectivity index (χ1v) is 14.6. The van der Waals surface area contributed by atoms with E-state index in [1.807, 2.05) is 0 Å². The van der Waals surface area contributed by atoms with Crippen LogP contribution in [-0.2, 0) is 30.6 Å². The van der Waals surface area contributed by atoms with Crippen molar-refractivity contribution in [2.75, 3.05) is 13.2 Å². The molecule has 0 aliphatic heterocycles. The Morgan fingerprint density at radius 2 is 1.87 bits per heavy atom. The molecule has 8 atom stereocenters. The quantitative estimate of drug-likeness (QED) is 0.133. The maximum absolute atomic E-state index is 17.2. The number of hydrogen-bond acceptors (Lipinski definition) is 11. The van der Waals surface area contributed by atoms with Crippen molar-refractivity contribution in [3.05, 3.63) is 69.3 Å². The number of benzene rings is 1. The summed E-state index contributed by atoms with van der Waals surface area (Å²) in [4.78, 5) is 65.4. The number of aliphatic hydroxyl groups is 3. The van der Waals surface area contributed by atoms with E-state index in [1.165, 1.54) is 37.3 Å². The molecule has 2 saturated carbocycles. The Kier molecular flexibility index (Phi) is 8.21. The van der Waals surface area contributed by atoms with Crippen molar-refractivity contribution in [1.29, 1.82) is 0 Å². The Morgan fingerprint density at radius 1 is 1.16 bits per heavy atom. The van der Waals surface area contributed by atoms with Crippen LogP contribution in [0.2, 0.25) is 0 Å². The molecule has 0 saturated heterocycles. The van der Waals surface area contributed by atoms with Crippen molar-refractivity contribution in [2.45, 2.75) is 69.6 Å². The van der Waals surface area contributed by atoms with Crippen molar-refractivity contribution in [1.82, 2.24) is 5.32 Å². The average molecular weight is 631 g/mol. The normalized spacial score (nSPS) is 36.6. The predicted octanol–water partition coefficient (Wildman–Crippen LogP) is 1.31.